The second-order valence-electron chi connectivity index (χ2n) is 6.61. The molecular formula is C18H22N2O4. The van der Waals surface area contributed by atoms with Crippen molar-refractivity contribution in [2.24, 2.45) is 0 Å². The van der Waals surface area contributed by atoms with Crippen LogP contribution in [-0.4, -0.2) is 34.9 Å². The summed E-state index contributed by atoms with van der Waals surface area (Å²) >= 11 is 0. The van der Waals surface area contributed by atoms with E-state index in [0.29, 0.717) is 12.8 Å². The van der Waals surface area contributed by atoms with Gasteiger partial charge in [-0.25, -0.2) is 4.79 Å². The first-order valence-electron chi connectivity index (χ1n) is 8.35. The van der Waals surface area contributed by atoms with Crippen molar-refractivity contribution >= 4 is 17.9 Å². The zero-order valence-corrected chi connectivity index (χ0v) is 13.8. The molecule has 0 bridgehead atoms. The molecule has 0 unspecified atom stereocenters. The van der Waals surface area contributed by atoms with Crippen LogP contribution in [0.1, 0.15) is 43.2 Å². The van der Waals surface area contributed by atoms with E-state index in [1.165, 1.54) is 0 Å². The van der Waals surface area contributed by atoms with Gasteiger partial charge in [-0.05, 0) is 25.3 Å². The number of rotatable bonds is 4. The minimum atomic E-state index is -0.799. The zero-order valence-electron chi connectivity index (χ0n) is 13.8. The fourth-order valence-corrected chi connectivity index (χ4v) is 3.34. The highest BCUT2D eigenvalue weighted by Crippen LogP contribution is 2.33. The highest BCUT2D eigenvalue weighted by molar-refractivity contribution is 6.08. The van der Waals surface area contributed by atoms with Crippen molar-refractivity contribution in [2.45, 2.75) is 51.2 Å². The number of hydrogen-bond donors (Lipinski definition) is 1. The molecular weight excluding hydrogens is 308 g/mol. The van der Waals surface area contributed by atoms with E-state index < -0.39 is 17.5 Å². The number of nitrogens with one attached hydrogen (secondary N) is 1. The molecule has 1 spiro atoms. The predicted octanol–water partition coefficient (Wildman–Crippen LogP) is 2.29. The molecule has 2 fully saturated rings. The third kappa shape index (κ3) is 3.27. The molecule has 0 radical (unpaired) electrons. The molecule has 2 aliphatic rings. The average molecular weight is 330 g/mol. The van der Waals surface area contributed by atoms with E-state index in [9.17, 15) is 14.4 Å². The van der Waals surface area contributed by atoms with Crippen LogP contribution in [0, 0.1) is 6.92 Å². The van der Waals surface area contributed by atoms with E-state index in [4.69, 9.17) is 4.74 Å². The van der Waals surface area contributed by atoms with Crippen molar-refractivity contribution in [3.63, 3.8) is 0 Å². The standard InChI is InChI=1S/C18H22N2O4/c1-13-5-7-14(8-6-13)12-24-15(21)11-20-16(22)18(19-17(20)23)9-3-2-4-10-18/h5-8H,2-4,9-12H2,1H3,(H,19,23). The van der Waals surface area contributed by atoms with E-state index in [-0.39, 0.29) is 19.1 Å². The Kier molecular flexibility index (Phi) is 4.55. The van der Waals surface area contributed by atoms with Crippen LogP contribution in [0.25, 0.3) is 0 Å². The van der Waals surface area contributed by atoms with Gasteiger partial charge in [-0.1, -0.05) is 49.1 Å². The molecule has 0 atom stereocenters. The van der Waals surface area contributed by atoms with E-state index >= 15 is 0 Å². The molecule has 1 heterocycles. The molecule has 1 saturated carbocycles. The number of imide groups is 1. The maximum Gasteiger partial charge on any atom is 0.326 e. The molecule has 3 amide bonds. The number of amides is 3. The number of esters is 1. The van der Waals surface area contributed by atoms with Gasteiger partial charge < -0.3 is 10.1 Å². The number of aryl methyl sites for hydroxylation is 1. The van der Waals surface area contributed by atoms with Crippen molar-refractivity contribution < 1.29 is 19.1 Å². The van der Waals surface area contributed by atoms with Crippen LogP contribution in [0.4, 0.5) is 4.79 Å². The fourth-order valence-electron chi connectivity index (χ4n) is 3.34. The number of ether oxygens (including phenoxy) is 1. The lowest BCUT2D eigenvalue weighted by Gasteiger charge is -2.30. The third-order valence-electron chi connectivity index (χ3n) is 4.76. The van der Waals surface area contributed by atoms with Gasteiger partial charge in [0, 0.05) is 0 Å². The first-order valence-corrected chi connectivity index (χ1v) is 8.35. The molecule has 0 aromatic heterocycles. The molecule has 1 saturated heterocycles. The van der Waals surface area contributed by atoms with Gasteiger partial charge in [0.1, 0.15) is 18.7 Å². The SMILES string of the molecule is Cc1ccc(COC(=O)CN2C(=O)NC3(CCCCC3)C2=O)cc1. The molecule has 1 N–H and O–H groups in total. The minimum Gasteiger partial charge on any atom is -0.459 e. The van der Waals surface area contributed by atoms with Crippen molar-refractivity contribution in [1.82, 2.24) is 10.2 Å². The maximum atomic E-state index is 12.6. The largest absolute Gasteiger partial charge is 0.459 e. The van der Waals surface area contributed by atoms with Crippen LogP contribution < -0.4 is 5.32 Å². The number of hydrogen-bond acceptors (Lipinski definition) is 4. The van der Waals surface area contributed by atoms with Crippen LogP contribution in [0.3, 0.4) is 0 Å². The Balaban J connectivity index is 1.56. The maximum absolute atomic E-state index is 12.6. The summed E-state index contributed by atoms with van der Waals surface area (Å²) < 4.78 is 5.19. The Morgan fingerprint density at radius 1 is 1.17 bits per heavy atom. The molecule has 6 nitrogen and oxygen atoms in total. The minimum absolute atomic E-state index is 0.133. The fraction of sp³-hybridized carbons (Fsp3) is 0.500. The highest BCUT2D eigenvalue weighted by Gasteiger charge is 2.51. The predicted molar refractivity (Wildman–Crippen MR) is 87.0 cm³/mol. The summed E-state index contributed by atoms with van der Waals surface area (Å²) in [6.45, 7) is 1.78. The van der Waals surface area contributed by atoms with E-state index in [1.54, 1.807) is 0 Å². The third-order valence-corrected chi connectivity index (χ3v) is 4.76. The highest BCUT2D eigenvalue weighted by atomic mass is 16.5. The molecule has 1 aromatic rings. The van der Waals surface area contributed by atoms with E-state index in [2.05, 4.69) is 5.32 Å². The van der Waals surface area contributed by atoms with E-state index in [0.717, 1.165) is 35.3 Å². The number of carbonyl (C=O) groups is 3. The molecule has 6 heteroatoms. The Morgan fingerprint density at radius 3 is 2.50 bits per heavy atom. The molecule has 1 aromatic carbocycles. The van der Waals surface area contributed by atoms with Gasteiger partial charge >= 0.3 is 12.0 Å². The number of nitrogens with zero attached hydrogens (tertiary/aromatic N) is 1. The lowest BCUT2D eigenvalue weighted by Crippen LogP contribution is -2.48. The lowest BCUT2D eigenvalue weighted by molar-refractivity contribution is -0.149. The van der Waals surface area contributed by atoms with Crippen LogP contribution in [0.5, 0.6) is 0 Å². The van der Waals surface area contributed by atoms with Crippen molar-refractivity contribution in [1.29, 1.82) is 0 Å². The van der Waals surface area contributed by atoms with Crippen LogP contribution in [0.2, 0.25) is 0 Å². The summed E-state index contributed by atoms with van der Waals surface area (Å²) in [5.41, 5.74) is 1.20. The lowest BCUT2D eigenvalue weighted by atomic mass is 9.82. The number of benzene rings is 1. The summed E-state index contributed by atoms with van der Waals surface area (Å²) in [5.74, 6) is -0.869. The van der Waals surface area contributed by atoms with Crippen molar-refractivity contribution in [3.05, 3.63) is 35.4 Å². The van der Waals surface area contributed by atoms with Gasteiger partial charge in [0.15, 0.2) is 0 Å². The van der Waals surface area contributed by atoms with Gasteiger partial charge in [0.05, 0.1) is 0 Å². The van der Waals surface area contributed by atoms with Gasteiger partial charge in [-0.2, -0.15) is 0 Å². The van der Waals surface area contributed by atoms with Gasteiger partial charge in [-0.15, -0.1) is 0 Å². The Bertz CT molecular complexity index is 647. The van der Waals surface area contributed by atoms with Crippen LogP contribution in [0.15, 0.2) is 24.3 Å². The smallest absolute Gasteiger partial charge is 0.326 e. The Hall–Kier alpha value is -2.37. The summed E-state index contributed by atoms with van der Waals surface area (Å²) in [6.07, 6.45) is 4.19. The first-order chi connectivity index (χ1) is 11.5. The monoisotopic (exact) mass is 330 g/mol. The van der Waals surface area contributed by atoms with Gasteiger partial charge in [0.25, 0.3) is 5.91 Å². The van der Waals surface area contributed by atoms with Crippen molar-refractivity contribution in [2.75, 3.05) is 6.54 Å². The molecule has 24 heavy (non-hydrogen) atoms. The molecule has 128 valence electrons. The normalized spacial score (nSPS) is 19.5. The summed E-state index contributed by atoms with van der Waals surface area (Å²) in [4.78, 5) is 37.7. The molecule has 3 rings (SSSR count). The Morgan fingerprint density at radius 2 is 1.83 bits per heavy atom. The number of urea groups is 1. The summed E-state index contributed by atoms with van der Waals surface area (Å²) in [6, 6.07) is 7.15. The van der Waals surface area contributed by atoms with E-state index in [1.807, 2.05) is 31.2 Å². The van der Waals surface area contributed by atoms with Crippen molar-refractivity contribution in [3.8, 4) is 0 Å². The van der Waals surface area contributed by atoms with Crippen LogP contribution in [-0.2, 0) is 20.9 Å². The molecule has 1 aliphatic heterocycles. The second kappa shape index (κ2) is 6.63. The summed E-state index contributed by atoms with van der Waals surface area (Å²) in [7, 11) is 0. The van der Waals surface area contributed by atoms with Gasteiger partial charge in [-0.3, -0.25) is 14.5 Å². The second-order valence-corrected chi connectivity index (χ2v) is 6.61. The van der Waals surface area contributed by atoms with Crippen LogP contribution >= 0.6 is 0 Å². The Labute approximate surface area is 141 Å². The topological polar surface area (TPSA) is 75.7 Å². The first kappa shape index (κ1) is 16.5. The zero-order chi connectivity index (χ0) is 17.2. The average Bonchev–Trinajstić information content (AvgIpc) is 2.79. The van der Waals surface area contributed by atoms with Gasteiger partial charge in [0.2, 0.25) is 0 Å². The molecule has 1 aliphatic carbocycles. The summed E-state index contributed by atoms with van der Waals surface area (Å²) in [5, 5.41) is 2.78. The number of carbonyl (C=O) groups excluding carboxylic acids is 3. The quantitative estimate of drug-likeness (QED) is 0.679.